The van der Waals surface area contributed by atoms with Crippen LogP contribution in [0.15, 0.2) is 56.8 Å². The molecule has 0 radical (unpaired) electrons. The molecule has 1 atom stereocenters. The second-order valence-corrected chi connectivity index (χ2v) is 7.23. The molecule has 0 aliphatic heterocycles. The van der Waals surface area contributed by atoms with Gasteiger partial charge in [0.2, 0.25) is 0 Å². The predicted octanol–water partition coefficient (Wildman–Crippen LogP) is 5.74. The summed E-state index contributed by atoms with van der Waals surface area (Å²) in [7, 11) is 2.01. The molecule has 0 saturated carbocycles. The number of nitrogens with one attached hydrogen (secondary N) is 1. The van der Waals surface area contributed by atoms with E-state index in [9.17, 15) is 0 Å². The van der Waals surface area contributed by atoms with Gasteiger partial charge in [-0.3, -0.25) is 0 Å². The van der Waals surface area contributed by atoms with Gasteiger partial charge in [-0.25, -0.2) is 0 Å². The molecule has 0 aliphatic rings. The van der Waals surface area contributed by atoms with Gasteiger partial charge in [-0.1, -0.05) is 40.2 Å². The molecular formula is C16H13Br2NS. The van der Waals surface area contributed by atoms with E-state index in [2.05, 4.69) is 85.0 Å². The number of fused-ring (bicyclic) bond motifs is 1. The zero-order valence-electron chi connectivity index (χ0n) is 10.9. The smallest absolute Gasteiger partial charge is 0.0589 e. The van der Waals surface area contributed by atoms with Crippen LogP contribution in [0.5, 0.6) is 0 Å². The van der Waals surface area contributed by atoms with E-state index in [-0.39, 0.29) is 6.04 Å². The molecule has 0 fully saturated rings. The van der Waals surface area contributed by atoms with Crippen molar-refractivity contribution in [2.45, 2.75) is 6.04 Å². The highest BCUT2D eigenvalue weighted by Crippen LogP contribution is 2.37. The fraction of sp³-hybridized carbons (Fsp3) is 0.125. The van der Waals surface area contributed by atoms with Crippen LogP contribution in [0.3, 0.4) is 0 Å². The van der Waals surface area contributed by atoms with Crippen molar-refractivity contribution in [2.24, 2.45) is 0 Å². The number of hydrogen-bond donors (Lipinski definition) is 1. The van der Waals surface area contributed by atoms with Crippen LogP contribution in [-0.4, -0.2) is 7.05 Å². The zero-order chi connectivity index (χ0) is 14.1. The second kappa shape index (κ2) is 5.98. The van der Waals surface area contributed by atoms with E-state index in [0.29, 0.717) is 0 Å². The molecule has 1 heterocycles. The summed E-state index contributed by atoms with van der Waals surface area (Å²) in [4.78, 5) is 0. The molecule has 0 spiro atoms. The molecule has 3 rings (SSSR count). The number of hydrogen-bond acceptors (Lipinski definition) is 2. The maximum Gasteiger partial charge on any atom is 0.0589 e. The maximum atomic E-state index is 3.63. The van der Waals surface area contributed by atoms with Gasteiger partial charge in [0, 0.05) is 13.6 Å². The van der Waals surface area contributed by atoms with Crippen LogP contribution in [0, 0.1) is 0 Å². The van der Waals surface area contributed by atoms with Gasteiger partial charge in [-0.05, 0) is 63.1 Å². The molecule has 1 nitrogen and oxygen atoms in total. The van der Waals surface area contributed by atoms with Crippen LogP contribution in [-0.2, 0) is 0 Å². The lowest BCUT2D eigenvalue weighted by molar-refractivity contribution is 0.698. The first kappa shape index (κ1) is 14.3. The molecule has 0 aliphatic carbocycles. The molecule has 0 bridgehead atoms. The molecule has 1 N–H and O–H groups in total. The summed E-state index contributed by atoms with van der Waals surface area (Å²) in [5.74, 6) is 0. The third-order valence-electron chi connectivity index (χ3n) is 3.36. The summed E-state index contributed by atoms with van der Waals surface area (Å²) in [6.07, 6.45) is 0. The lowest BCUT2D eigenvalue weighted by atomic mass is 9.98. The second-order valence-electron chi connectivity index (χ2n) is 4.58. The van der Waals surface area contributed by atoms with Crippen molar-refractivity contribution in [3.05, 3.63) is 67.9 Å². The molecule has 0 amide bonds. The highest BCUT2D eigenvalue weighted by molar-refractivity contribution is 9.11. The lowest BCUT2D eigenvalue weighted by Gasteiger charge is -2.17. The van der Waals surface area contributed by atoms with Gasteiger partial charge in [0.1, 0.15) is 0 Å². The summed E-state index contributed by atoms with van der Waals surface area (Å²) in [5.41, 5.74) is 2.59. The maximum absolute atomic E-state index is 3.63. The van der Waals surface area contributed by atoms with Crippen LogP contribution in [0.1, 0.15) is 17.2 Å². The van der Waals surface area contributed by atoms with E-state index < -0.39 is 0 Å². The lowest BCUT2D eigenvalue weighted by Crippen LogP contribution is -2.17. The van der Waals surface area contributed by atoms with E-state index >= 15 is 0 Å². The van der Waals surface area contributed by atoms with Gasteiger partial charge in [-0.2, -0.15) is 0 Å². The van der Waals surface area contributed by atoms with E-state index in [0.717, 1.165) is 8.95 Å². The monoisotopic (exact) mass is 409 g/mol. The molecule has 20 heavy (non-hydrogen) atoms. The minimum absolute atomic E-state index is 0.204. The Kier molecular flexibility index (Phi) is 4.26. The van der Waals surface area contributed by atoms with Gasteiger partial charge < -0.3 is 5.32 Å². The fourth-order valence-electron chi connectivity index (χ4n) is 2.45. The van der Waals surface area contributed by atoms with Crippen LogP contribution in [0.4, 0.5) is 0 Å². The molecule has 1 aromatic heterocycles. The highest BCUT2D eigenvalue weighted by Gasteiger charge is 2.17. The Bertz CT molecular complexity index is 751. The average Bonchev–Trinajstić information content (AvgIpc) is 2.86. The van der Waals surface area contributed by atoms with Crippen molar-refractivity contribution in [1.29, 1.82) is 0 Å². The van der Waals surface area contributed by atoms with Crippen molar-refractivity contribution >= 4 is 53.3 Å². The first-order valence-electron chi connectivity index (χ1n) is 6.29. The minimum Gasteiger partial charge on any atom is -0.309 e. The Morgan fingerprint density at radius 1 is 1.10 bits per heavy atom. The number of benzene rings is 2. The zero-order valence-corrected chi connectivity index (χ0v) is 14.8. The van der Waals surface area contributed by atoms with E-state index in [1.807, 2.05) is 7.05 Å². The fourth-order valence-corrected chi connectivity index (χ4v) is 4.52. The largest absolute Gasteiger partial charge is 0.309 e. The molecule has 3 aromatic rings. The molecule has 2 aromatic carbocycles. The van der Waals surface area contributed by atoms with Gasteiger partial charge in [0.05, 0.1) is 6.04 Å². The van der Waals surface area contributed by atoms with Crippen LogP contribution in [0.2, 0.25) is 0 Å². The van der Waals surface area contributed by atoms with E-state index in [1.165, 1.54) is 21.2 Å². The summed E-state index contributed by atoms with van der Waals surface area (Å²) in [5, 5.41) is 6.99. The van der Waals surface area contributed by atoms with Gasteiger partial charge in [0.25, 0.3) is 0 Å². The first-order valence-corrected chi connectivity index (χ1v) is 8.75. The van der Waals surface area contributed by atoms with Crippen molar-refractivity contribution in [3.8, 4) is 0 Å². The van der Waals surface area contributed by atoms with Crippen LogP contribution < -0.4 is 5.32 Å². The van der Waals surface area contributed by atoms with Crippen molar-refractivity contribution < 1.29 is 0 Å². The average molecular weight is 411 g/mol. The molecule has 0 saturated heterocycles. The van der Waals surface area contributed by atoms with Crippen LogP contribution >= 0.6 is 43.2 Å². The normalized spacial score (nSPS) is 12.8. The third kappa shape index (κ3) is 2.58. The first-order chi connectivity index (χ1) is 9.70. The standard InChI is InChI=1S/C16H13Br2NS/c1-19-15(10-4-2-5-11(17)8-10)13-9-20-16-12(13)6-3-7-14(16)18/h2-9,15,19H,1H3. The Hall–Kier alpha value is -0.680. The minimum atomic E-state index is 0.204. The summed E-state index contributed by atoms with van der Waals surface area (Å²) < 4.78 is 3.57. The topological polar surface area (TPSA) is 12.0 Å². The molecule has 1 unspecified atom stereocenters. The number of rotatable bonds is 3. The Morgan fingerprint density at radius 3 is 2.65 bits per heavy atom. The summed E-state index contributed by atoms with van der Waals surface area (Å²) >= 11 is 8.97. The number of halogens is 2. The van der Waals surface area contributed by atoms with Gasteiger partial charge in [-0.15, -0.1) is 11.3 Å². The van der Waals surface area contributed by atoms with Crippen molar-refractivity contribution in [3.63, 3.8) is 0 Å². The predicted molar refractivity (Wildman–Crippen MR) is 94.6 cm³/mol. The molecule has 4 heteroatoms. The quantitative estimate of drug-likeness (QED) is 0.580. The van der Waals surface area contributed by atoms with Crippen molar-refractivity contribution in [2.75, 3.05) is 7.05 Å². The molecule has 102 valence electrons. The van der Waals surface area contributed by atoms with Crippen molar-refractivity contribution in [1.82, 2.24) is 5.32 Å². The van der Waals surface area contributed by atoms with E-state index in [1.54, 1.807) is 11.3 Å². The van der Waals surface area contributed by atoms with Gasteiger partial charge >= 0.3 is 0 Å². The Morgan fingerprint density at radius 2 is 1.90 bits per heavy atom. The summed E-state index contributed by atoms with van der Waals surface area (Å²) in [6.45, 7) is 0. The molecular weight excluding hydrogens is 398 g/mol. The van der Waals surface area contributed by atoms with Crippen LogP contribution in [0.25, 0.3) is 10.1 Å². The van der Waals surface area contributed by atoms with Gasteiger partial charge in [0.15, 0.2) is 0 Å². The summed E-state index contributed by atoms with van der Waals surface area (Å²) in [6, 6.07) is 15.0. The van der Waals surface area contributed by atoms with E-state index in [4.69, 9.17) is 0 Å². The Labute approximate surface area is 139 Å². The highest BCUT2D eigenvalue weighted by atomic mass is 79.9. The Balaban J connectivity index is 2.15. The third-order valence-corrected chi connectivity index (χ3v) is 5.83. The SMILES string of the molecule is CNC(c1cccc(Br)c1)c1csc2c(Br)cccc12. The number of thiophene rings is 1.